The minimum Gasteiger partial charge on any atom is -0.494 e. The fourth-order valence-electron chi connectivity index (χ4n) is 5.40. The molecule has 0 aliphatic heterocycles. The van der Waals surface area contributed by atoms with Gasteiger partial charge in [-0.1, -0.05) is 82.6 Å². The molecule has 1 atom stereocenters. The molecule has 1 fully saturated rings. The molecule has 1 nitrogen and oxygen atoms in total. The third-order valence-corrected chi connectivity index (χ3v) is 7.39. The van der Waals surface area contributed by atoms with Crippen LogP contribution < -0.4 is 4.74 Å². The second-order valence-corrected chi connectivity index (χ2v) is 9.75. The number of ether oxygens (including phenoxy) is 1. The van der Waals surface area contributed by atoms with Crippen LogP contribution in [0.5, 0.6) is 5.75 Å². The molecular formula is C28H44O. The first kappa shape index (κ1) is 22.4. The molecule has 0 bridgehead atoms. The van der Waals surface area contributed by atoms with Gasteiger partial charge in [0.05, 0.1) is 6.61 Å². The van der Waals surface area contributed by atoms with Gasteiger partial charge in [0, 0.05) is 0 Å². The Bertz CT molecular complexity index is 591. The zero-order valence-electron chi connectivity index (χ0n) is 19.1. The third-order valence-electron chi connectivity index (χ3n) is 7.39. The van der Waals surface area contributed by atoms with Crippen molar-refractivity contribution in [3.05, 3.63) is 41.5 Å². The van der Waals surface area contributed by atoms with E-state index in [1.807, 2.05) is 0 Å². The van der Waals surface area contributed by atoms with Gasteiger partial charge < -0.3 is 4.74 Å². The van der Waals surface area contributed by atoms with E-state index < -0.39 is 0 Å². The van der Waals surface area contributed by atoms with Crippen molar-refractivity contribution in [1.29, 1.82) is 0 Å². The van der Waals surface area contributed by atoms with E-state index in [9.17, 15) is 0 Å². The SMILES string of the molecule is CCCOc1ccc(CCC2=CCC(CC[C@H]3CC[C@H](CCC)CC3)CC2)cc1. The summed E-state index contributed by atoms with van der Waals surface area (Å²) in [6, 6.07) is 8.75. The van der Waals surface area contributed by atoms with E-state index in [4.69, 9.17) is 4.74 Å². The summed E-state index contributed by atoms with van der Waals surface area (Å²) in [6.45, 7) is 5.30. The molecule has 1 saturated carbocycles. The summed E-state index contributed by atoms with van der Waals surface area (Å²) in [5.74, 6) is 4.06. The van der Waals surface area contributed by atoms with Crippen molar-refractivity contribution in [3.8, 4) is 5.75 Å². The molecule has 1 aromatic carbocycles. The molecule has 29 heavy (non-hydrogen) atoms. The smallest absolute Gasteiger partial charge is 0.119 e. The number of allylic oxidation sites excluding steroid dienone is 2. The molecule has 0 heterocycles. The van der Waals surface area contributed by atoms with E-state index in [0.29, 0.717) is 0 Å². The van der Waals surface area contributed by atoms with E-state index in [0.717, 1.165) is 36.5 Å². The molecule has 2 aliphatic carbocycles. The van der Waals surface area contributed by atoms with E-state index >= 15 is 0 Å². The maximum absolute atomic E-state index is 5.69. The number of rotatable bonds is 11. The number of aryl methyl sites for hydroxylation is 1. The Kier molecular flexibility index (Phi) is 9.64. The maximum Gasteiger partial charge on any atom is 0.119 e. The Labute approximate surface area is 180 Å². The molecule has 3 rings (SSSR count). The van der Waals surface area contributed by atoms with E-state index in [2.05, 4.69) is 44.2 Å². The first-order valence-corrected chi connectivity index (χ1v) is 12.7. The second kappa shape index (κ2) is 12.5. The van der Waals surface area contributed by atoms with Gasteiger partial charge in [-0.25, -0.2) is 0 Å². The summed E-state index contributed by atoms with van der Waals surface area (Å²) in [4.78, 5) is 0. The van der Waals surface area contributed by atoms with E-state index in [1.54, 1.807) is 5.57 Å². The molecule has 0 radical (unpaired) electrons. The molecule has 0 aromatic heterocycles. The number of hydrogen-bond acceptors (Lipinski definition) is 1. The van der Waals surface area contributed by atoms with Gasteiger partial charge in [-0.2, -0.15) is 0 Å². The van der Waals surface area contributed by atoms with E-state index in [-0.39, 0.29) is 0 Å². The molecule has 0 amide bonds. The van der Waals surface area contributed by atoms with Crippen LogP contribution in [0, 0.1) is 17.8 Å². The highest BCUT2D eigenvalue weighted by molar-refractivity contribution is 5.28. The van der Waals surface area contributed by atoms with Crippen molar-refractivity contribution in [3.63, 3.8) is 0 Å². The molecule has 0 saturated heterocycles. The molecular weight excluding hydrogens is 352 g/mol. The zero-order valence-corrected chi connectivity index (χ0v) is 19.1. The van der Waals surface area contributed by atoms with Crippen LogP contribution in [0.15, 0.2) is 35.9 Å². The standard InChI is InChI=1S/C28H44O/c1-3-5-23-6-8-24(9-7-23)10-11-25-12-14-26(15-13-25)16-17-27-18-20-28(21-19-27)29-22-4-2/h14,18-21,23-25H,3-13,15-17,22H2,1-2H3/t23-,24-,25?. The van der Waals surface area contributed by atoms with Gasteiger partial charge in [-0.3, -0.25) is 0 Å². The van der Waals surface area contributed by atoms with Gasteiger partial charge in [-0.15, -0.1) is 0 Å². The van der Waals surface area contributed by atoms with Gasteiger partial charge in [0.25, 0.3) is 0 Å². The van der Waals surface area contributed by atoms with E-state index in [1.165, 1.54) is 89.0 Å². The van der Waals surface area contributed by atoms with Crippen molar-refractivity contribution in [2.45, 2.75) is 104 Å². The van der Waals surface area contributed by atoms with Crippen LogP contribution in [0.2, 0.25) is 0 Å². The molecule has 0 spiro atoms. The van der Waals surface area contributed by atoms with Crippen LogP contribution in [0.4, 0.5) is 0 Å². The highest BCUT2D eigenvalue weighted by atomic mass is 16.5. The molecule has 162 valence electrons. The van der Waals surface area contributed by atoms with Crippen molar-refractivity contribution < 1.29 is 4.74 Å². The topological polar surface area (TPSA) is 9.23 Å². The lowest BCUT2D eigenvalue weighted by molar-refractivity contribution is 0.236. The maximum atomic E-state index is 5.69. The molecule has 1 heteroatoms. The van der Waals surface area contributed by atoms with Crippen LogP contribution in [-0.4, -0.2) is 6.61 Å². The van der Waals surface area contributed by atoms with Crippen LogP contribution in [0.3, 0.4) is 0 Å². The Hall–Kier alpha value is -1.24. The van der Waals surface area contributed by atoms with Gasteiger partial charge in [-0.05, 0) is 80.4 Å². The van der Waals surface area contributed by atoms with Crippen LogP contribution in [0.25, 0.3) is 0 Å². The van der Waals surface area contributed by atoms with Gasteiger partial charge in [0.1, 0.15) is 5.75 Å². The first-order chi connectivity index (χ1) is 14.3. The monoisotopic (exact) mass is 396 g/mol. The van der Waals surface area contributed by atoms with Crippen LogP contribution >= 0.6 is 0 Å². The summed E-state index contributed by atoms with van der Waals surface area (Å²) in [7, 11) is 0. The normalized spacial score (nSPS) is 24.9. The zero-order chi connectivity index (χ0) is 20.3. The van der Waals surface area contributed by atoms with Gasteiger partial charge in [0.15, 0.2) is 0 Å². The fraction of sp³-hybridized carbons (Fsp3) is 0.714. The average Bonchev–Trinajstić information content (AvgIpc) is 2.77. The van der Waals surface area contributed by atoms with Gasteiger partial charge in [0.2, 0.25) is 0 Å². The van der Waals surface area contributed by atoms with Crippen LogP contribution in [-0.2, 0) is 6.42 Å². The molecule has 2 aliphatic rings. The third kappa shape index (κ3) is 7.83. The predicted molar refractivity (Wildman–Crippen MR) is 126 cm³/mol. The summed E-state index contributed by atoms with van der Waals surface area (Å²) in [5, 5.41) is 0. The largest absolute Gasteiger partial charge is 0.494 e. The minimum atomic E-state index is 0.813. The molecule has 1 aromatic rings. The quantitative estimate of drug-likeness (QED) is 0.340. The second-order valence-electron chi connectivity index (χ2n) is 9.75. The fourth-order valence-corrected chi connectivity index (χ4v) is 5.40. The minimum absolute atomic E-state index is 0.813. The first-order valence-electron chi connectivity index (χ1n) is 12.7. The predicted octanol–water partition coefficient (Wildman–Crippen LogP) is 8.52. The van der Waals surface area contributed by atoms with Crippen LogP contribution in [0.1, 0.15) is 103 Å². The Morgan fingerprint density at radius 3 is 2.07 bits per heavy atom. The Balaban J connectivity index is 1.31. The van der Waals surface area contributed by atoms with Crippen molar-refractivity contribution in [2.75, 3.05) is 6.61 Å². The number of hydrogen-bond donors (Lipinski definition) is 0. The van der Waals surface area contributed by atoms with Crippen molar-refractivity contribution in [1.82, 2.24) is 0 Å². The molecule has 1 unspecified atom stereocenters. The lowest BCUT2D eigenvalue weighted by atomic mass is 9.76. The van der Waals surface area contributed by atoms with Gasteiger partial charge >= 0.3 is 0 Å². The summed E-state index contributed by atoms with van der Waals surface area (Å²) >= 11 is 0. The Morgan fingerprint density at radius 1 is 0.759 bits per heavy atom. The number of benzene rings is 1. The highest BCUT2D eigenvalue weighted by Crippen LogP contribution is 2.36. The highest BCUT2D eigenvalue weighted by Gasteiger charge is 2.22. The lowest BCUT2D eigenvalue weighted by Gasteiger charge is -2.30. The Morgan fingerprint density at radius 2 is 1.45 bits per heavy atom. The molecule has 0 N–H and O–H groups in total. The van der Waals surface area contributed by atoms with Crippen molar-refractivity contribution in [2.24, 2.45) is 17.8 Å². The summed E-state index contributed by atoms with van der Waals surface area (Å²) < 4.78 is 5.69. The summed E-state index contributed by atoms with van der Waals surface area (Å²) in [6.07, 6.45) is 22.1. The average molecular weight is 397 g/mol. The lowest BCUT2D eigenvalue weighted by Crippen LogP contribution is -2.16. The van der Waals surface area contributed by atoms with Crippen molar-refractivity contribution >= 4 is 0 Å². The summed E-state index contributed by atoms with van der Waals surface area (Å²) in [5.41, 5.74) is 3.14.